The first kappa shape index (κ1) is 19.0. The zero-order valence-corrected chi connectivity index (χ0v) is 16.5. The number of nitrogens with zero attached hydrogens (tertiary/aromatic N) is 5. The summed E-state index contributed by atoms with van der Waals surface area (Å²) in [6, 6.07) is 13.5. The Labute approximate surface area is 170 Å². The number of hydrogen-bond donors (Lipinski definition) is 0. The average molecular weight is 389 g/mol. The molecule has 1 fully saturated rings. The number of methoxy groups -OCH3 is 1. The summed E-state index contributed by atoms with van der Waals surface area (Å²) in [4.78, 5) is 29.9. The Bertz CT molecular complexity index is 995. The number of benzene rings is 1. The number of hydrogen-bond acceptors (Lipinski definition) is 6. The molecule has 1 amide bonds. The van der Waals surface area contributed by atoms with Crippen molar-refractivity contribution in [2.45, 2.75) is 6.04 Å². The largest absolute Gasteiger partial charge is 0.496 e. The molecule has 4 rings (SSSR count). The lowest BCUT2D eigenvalue weighted by molar-refractivity contribution is 0.0537. The maximum atomic E-state index is 13.2. The van der Waals surface area contributed by atoms with Gasteiger partial charge in [-0.15, -0.1) is 0 Å². The average Bonchev–Trinajstić information content (AvgIpc) is 2.79. The molecule has 1 aliphatic heterocycles. The first-order valence-corrected chi connectivity index (χ1v) is 9.52. The fourth-order valence-electron chi connectivity index (χ4n) is 3.64. The third kappa shape index (κ3) is 3.95. The van der Waals surface area contributed by atoms with Crippen LogP contribution < -0.4 is 4.74 Å². The van der Waals surface area contributed by atoms with Crippen LogP contribution in [0.4, 0.5) is 0 Å². The molecule has 1 atom stereocenters. The summed E-state index contributed by atoms with van der Waals surface area (Å²) in [7, 11) is 3.75. The molecule has 1 aliphatic rings. The van der Waals surface area contributed by atoms with E-state index in [1.54, 1.807) is 25.6 Å². The SMILES string of the molecule is COc1ccccc1[C@@H]1CN(C(=O)c2cccc(-c3cncnc3)n2)CCN1C. The summed E-state index contributed by atoms with van der Waals surface area (Å²) >= 11 is 0. The molecule has 0 radical (unpaired) electrons. The fraction of sp³-hybridized carbons (Fsp3) is 0.273. The van der Waals surface area contributed by atoms with E-state index in [1.807, 2.05) is 35.2 Å². The van der Waals surface area contributed by atoms with Crippen LogP contribution in [0.2, 0.25) is 0 Å². The van der Waals surface area contributed by atoms with E-state index < -0.39 is 0 Å². The van der Waals surface area contributed by atoms with Gasteiger partial charge in [0, 0.05) is 43.2 Å². The van der Waals surface area contributed by atoms with Crippen LogP contribution in [0.3, 0.4) is 0 Å². The zero-order valence-electron chi connectivity index (χ0n) is 16.5. The number of para-hydroxylation sites is 1. The van der Waals surface area contributed by atoms with Gasteiger partial charge in [-0.1, -0.05) is 24.3 Å². The molecule has 29 heavy (non-hydrogen) atoms. The third-order valence-electron chi connectivity index (χ3n) is 5.26. The van der Waals surface area contributed by atoms with Crippen LogP contribution in [0.5, 0.6) is 5.75 Å². The van der Waals surface area contributed by atoms with Gasteiger partial charge in [0.25, 0.3) is 5.91 Å². The Balaban J connectivity index is 1.58. The maximum Gasteiger partial charge on any atom is 0.272 e. The quantitative estimate of drug-likeness (QED) is 0.683. The number of carbonyl (C=O) groups excluding carboxylic acids is 1. The summed E-state index contributed by atoms with van der Waals surface area (Å²) in [5, 5.41) is 0. The molecule has 0 saturated carbocycles. The Hall–Kier alpha value is -3.32. The Kier molecular flexibility index (Phi) is 5.48. The van der Waals surface area contributed by atoms with Crippen molar-refractivity contribution in [2.24, 2.45) is 0 Å². The van der Waals surface area contributed by atoms with Crippen molar-refractivity contribution in [3.63, 3.8) is 0 Å². The Morgan fingerprint density at radius 2 is 1.86 bits per heavy atom. The van der Waals surface area contributed by atoms with E-state index in [0.717, 1.165) is 23.4 Å². The van der Waals surface area contributed by atoms with Gasteiger partial charge in [-0.2, -0.15) is 0 Å². The highest BCUT2D eigenvalue weighted by atomic mass is 16.5. The molecule has 148 valence electrons. The number of likely N-dealkylation sites (N-methyl/N-ethyl adjacent to an activating group) is 1. The molecular weight excluding hydrogens is 366 g/mol. The van der Waals surface area contributed by atoms with E-state index in [-0.39, 0.29) is 11.9 Å². The highest BCUT2D eigenvalue weighted by Crippen LogP contribution is 2.31. The second-order valence-electron chi connectivity index (χ2n) is 7.02. The summed E-state index contributed by atoms with van der Waals surface area (Å²) in [6.45, 7) is 2.01. The molecule has 2 aromatic heterocycles. The smallest absolute Gasteiger partial charge is 0.272 e. The predicted octanol–water partition coefficient (Wildman–Crippen LogP) is 2.68. The summed E-state index contributed by atoms with van der Waals surface area (Å²) < 4.78 is 5.54. The number of rotatable bonds is 4. The van der Waals surface area contributed by atoms with Gasteiger partial charge in [0.2, 0.25) is 0 Å². The zero-order chi connectivity index (χ0) is 20.2. The van der Waals surface area contributed by atoms with E-state index in [1.165, 1.54) is 6.33 Å². The lowest BCUT2D eigenvalue weighted by Gasteiger charge is -2.40. The van der Waals surface area contributed by atoms with Gasteiger partial charge in [0.05, 0.1) is 18.8 Å². The van der Waals surface area contributed by atoms with Crippen molar-refractivity contribution >= 4 is 5.91 Å². The van der Waals surface area contributed by atoms with Gasteiger partial charge in [-0.3, -0.25) is 9.69 Å². The molecule has 7 nitrogen and oxygen atoms in total. The van der Waals surface area contributed by atoms with Gasteiger partial charge in [-0.05, 0) is 25.2 Å². The highest BCUT2D eigenvalue weighted by Gasteiger charge is 2.31. The molecule has 0 spiro atoms. The standard InChI is InChI=1S/C22H23N5O2/c1-26-10-11-27(14-20(26)17-6-3-4-9-21(17)29-2)22(28)19-8-5-7-18(25-19)16-12-23-15-24-13-16/h3-9,12-13,15,20H,10-11,14H2,1-2H3/t20-/m0/s1. The minimum Gasteiger partial charge on any atom is -0.496 e. The van der Waals surface area contributed by atoms with Crippen molar-refractivity contribution in [2.75, 3.05) is 33.8 Å². The predicted molar refractivity (Wildman–Crippen MR) is 110 cm³/mol. The molecular formula is C22H23N5O2. The van der Waals surface area contributed by atoms with Gasteiger partial charge >= 0.3 is 0 Å². The van der Waals surface area contributed by atoms with Gasteiger partial charge < -0.3 is 9.64 Å². The normalized spacial score (nSPS) is 17.2. The molecule has 0 aliphatic carbocycles. The Morgan fingerprint density at radius 3 is 2.66 bits per heavy atom. The molecule has 7 heteroatoms. The van der Waals surface area contributed by atoms with Crippen LogP contribution in [-0.2, 0) is 0 Å². The number of carbonyl (C=O) groups is 1. The monoisotopic (exact) mass is 389 g/mol. The summed E-state index contributed by atoms with van der Waals surface area (Å²) in [5.41, 5.74) is 2.98. The molecule has 0 N–H and O–H groups in total. The Morgan fingerprint density at radius 1 is 1.07 bits per heavy atom. The lowest BCUT2D eigenvalue weighted by Crippen LogP contribution is -2.49. The van der Waals surface area contributed by atoms with Crippen LogP contribution in [0.25, 0.3) is 11.3 Å². The third-order valence-corrected chi connectivity index (χ3v) is 5.26. The van der Waals surface area contributed by atoms with Crippen LogP contribution >= 0.6 is 0 Å². The number of piperazine rings is 1. The van der Waals surface area contributed by atoms with Crippen molar-refractivity contribution in [1.82, 2.24) is 24.8 Å². The summed E-state index contributed by atoms with van der Waals surface area (Å²) in [5.74, 6) is 0.763. The topological polar surface area (TPSA) is 71.5 Å². The first-order valence-electron chi connectivity index (χ1n) is 9.52. The maximum absolute atomic E-state index is 13.2. The number of aromatic nitrogens is 3. The number of pyridine rings is 1. The molecule has 1 saturated heterocycles. The van der Waals surface area contributed by atoms with Crippen LogP contribution in [0.1, 0.15) is 22.1 Å². The van der Waals surface area contributed by atoms with Gasteiger partial charge in [0.15, 0.2) is 0 Å². The second-order valence-corrected chi connectivity index (χ2v) is 7.02. The molecule has 1 aromatic carbocycles. The highest BCUT2D eigenvalue weighted by molar-refractivity contribution is 5.93. The van der Waals surface area contributed by atoms with E-state index in [4.69, 9.17) is 4.74 Å². The van der Waals surface area contributed by atoms with E-state index in [0.29, 0.717) is 24.5 Å². The molecule has 0 unspecified atom stereocenters. The second kappa shape index (κ2) is 8.36. The van der Waals surface area contributed by atoms with Crippen molar-refractivity contribution in [1.29, 1.82) is 0 Å². The number of ether oxygens (including phenoxy) is 1. The van der Waals surface area contributed by atoms with Crippen LogP contribution in [-0.4, -0.2) is 64.5 Å². The van der Waals surface area contributed by atoms with Crippen LogP contribution in [0, 0.1) is 0 Å². The minimum absolute atomic E-state index is 0.0644. The van der Waals surface area contributed by atoms with Crippen LogP contribution in [0.15, 0.2) is 61.2 Å². The van der Waals surface area contributed by atoms with E-state index in [2.05, 4.69) is 33.0 Å². The van der Waals surface area contributed by atoms with Crippen molar-refractivity contribution in [3.05, 3.63) is 72.4 Å². The molecule has 0 bridgehead atoms. The summed E-state index contributed by atoms with van der Waals surface area (Å²) in [6.07, 6.45) is 4.86. The van der Waals surface area contributed by atoms with Gasteiger partial charge in [0.1, 0.15) is 17.8 Å². The van der Waals surface area contributed by atoms with Gasteiger partial charge in [-0.25, -0.2) is 15.0 Å². The van der Waals surface area contributed by atoms with Crippen molar-refractivity contribution < 1.29 is 9.53 Å². The molecule has 3 aromatic rings. The van der Waals surface area contributed by atoms with E-state index in [9.17, 15) is 4.79 Å². The number of amides is 1. The lowest BCUT2D eigenvalue weighted by atomic mass is 10.0. The molecule has 3 heterocycles. The van der Waals surface area contributed by atoms with Crippen molar-refractivity contribution in [3.8, 4) is 17.0 Å². The minimum atomic E-state index is -0.0725. The fourth-order valence-corrected chi connectivity index (χ4v) is 3.64. The van der Waals surface area contributed by atoms with E-state index >= 15 is 0 Å². The first-order chi connectivity index (χ1) is 14.2.